The van der Waals surface area contributed by atoms with E-state index in [-0.39, 0.29) is 11.8 Å². The second kappa shape index (κ2) is 7.57. The minimum Gasteiger partial charge on any atom is -0.393 e. The lowest BCUT2D eigenvalue weighted by atomic mass is 10.2. The van der Waals surface area contributed by atoms with E-state index >= 15 is 0 Å². The summed E-state index contributed by atoms with van der Waals surface area (Å²) in [7, 11) is 3.98. The minimum atomic E-state index is 0.0218. The third-order valence-corrected chi connectivity index (χ3v) is 2.45. The molecule has 16 heavy (non-hydrogen) atoms. The van der Waals surface area contributed by atoms with Gasteiger partial charge in [0.25, 0.3) is 0 Å². The molecular formula is C11H23N3OS. The van der Waals surface area contributed by atoms with Gasteiger partial charge in [-0.1, -0.05) is 26.1 Å². The first-order valence-corrected chi connectivity index (χ1v) is 5.97. The Bertz CT molecular complexity index is 241. The van der Waals surface area contributed by atoms with Gasteiger partial charge in [-0.2, -0.15) is 0 Å². The van der Waals surface area contributed by atoms with Gasteiger partial charge in [0.1, 0.15) is 0 Å². The van der Waals surface area contributed by atoms with Crippen LogP contribution in [0.1, 0.15) is 20.3 Å². The highest BCUT2D eigenvalue weighted by atomic mass is 32.1. The number of carbonyl (C=O) groups is 1. The summed E-state index contributed by atoms with van der Waals surface area (Å²) >= 11 is 4.83. The summed E-state index contributed by atoms with van der Waals surface area (Å²) < 4.78 is 0. The molecule has 4 nitrogen and oxygen atoms in total. The zero-order valence-corrected chi connectivity index (χ0v) is 11.5. The Morgan fingerprint density at radius 3 is 2.19 bits per heavy atom. The average Bonchev–Trinajstić information content (AvgIpc) is 2.16. The lowest BCUT2D eigenvalue weighted by Gasteiger charge is -2.25. The van der Waals surface area contributed by atoms with Gasteiger partial charge < -0.3 is 15.5 Å². The summed E-state index contributed by atoms with van der Waals surface area (Å²) in [5, 5.41) is 0. The van der Waals surface area contributed by atoms with E-state index < -0.39 is 0 Å². The van der Waals surface area contributed by atoms with Crippen molar-refractivity contribution in [1.29, 1.82) is 0 Å². The Labute approximate surface area is 104 Å². The number of likely N-dealkylation sites (N-methyl/N-ethyl adjacent to an activating group) is 1. The molecule has 0 bridgehead atoms. The molecule has 0 fully saturated rings. The summed E-state index contributed by atoms with van der Waals surface area (Å²) in [4.78, 5) is 16.2. The maximum Gasteiger partial charge on any atom is 0.225 e. The van der Waals surface area contributed by atoms with Gasteiger partial charge in [0.15, 0.2) is 0 Å². The Balaban J connectivity index is 4.26. The topological polar surface area (TPSA) is 49.6 Å². The van der Waals surface area contributed by atoms with Gasteiger partial charge in [-0.15, -0.1) is 0 Å². The van der Waals surface area contributed by atoms with Crippen molar-refractivity contribution in [2.45, 2.75) is 20.3 Å². The van der Waals surface area contributed by atoms with Crippen LogP contribution in [0.15, 0.2) is 0 Å². The van der Waals surface area contributed by atoms with Crippen molar-refractivity contribution in [1.82, 2.24) is 9.80 Å². The van der Waals surface area contributed by atoms with Crippen molar-refractivity contribution < 1.29 is 4.79 Å². The zero-order valence-electron chi connectivity index (χ0n) is 10.7. The first-order chi connectivity index (χ1) is 7.34. The van der Waals surface area contributed by atoms with E-state index in [2.05, 4.69) is 4.90 Å². The fraction of sp³-hybridized carbons (Fsp3) is 0.818. The second-order valence-electron chi connectivity index (χ2n) is 4.50. The van der Waals surface area contributed by atoms with Crippen LogP contribution in [0.2, 0.25) is 0 Å². The van der Waals surface area contributed by atoms with Crippen LogP contribution in [-0.2, 0) is 4.79 Å². The fourth-order valence-electron chi connectivity index (χ4n) is 1.26. The molecule has 1 amide bonds. The molecule has 0 rings (SSSR count). The summed E-state index contributed by atoms with van der Waals surface area (Å²) in [6.07, 6.45) is 0.598. The predicted octanol–water partition coefficient (Wildman–Crippen LogP) is 0.709. The molecule has 0 saturated carbocycles. The number of nitrogens with zero attached hydrogens (tertiary/aromatic N) is 2. The highest BCUT2D eigenvalue weighted by molar-refractivity contribution is 7.80. The molecular weight excluding hydrogens is 222 g/mol. The molecule has 0 radical (unpaired) electrons. The van der Waals surface area contributed by atoms with E-state index in [4.69, 9.17) is 18.0 Å². The first-order valence-electron chi connectivity index (χ1n) is 5.56. The van der Waals surface area contributed by atoms with E-state index in [1.807, 2.05) is 32.8 Å². The van der Waals surface area contributed by atoms with Crippen LogP contribution >= 0.6 is 12.2 Å². The molecule has 0 aliphatic rings. The van der Waals surface area contributed by atoms with Crippen LogP contribution in [0.4, 0.5) is 0 Å². The van der Waals surface area contributed by atoms with Gasteiger partial charge in [0.2, 0.25) is 5.91 Å². The van der Waals surface area contributed by atoms with Crippen LogP contribution in [0.25, 0.3) is 0 Å². The summed E-state index contributed by atoms with van der Waals surface area (Å²) in [5.41, 5.74) is 5.46. The Morgan fingerprint density at radius 2 is 1.81 bits per heavy atom. The number of hydrogen-bond donors (Lipinski definition) is 1. The van der Waals surface area contributed by atoms with Crippen LogP contribution in [0.3, 0.4) is 0 Å². The maximum atomic E-state index is 11.9. The van der Waals surface area contributed by atoms with E-state index in [1.54, 1.807) is 0 Å². The maximum absolute atomic E-state index is 11.9. The number of nitrogens with two attached hydrogens (primary N) is 1. The monoisotopic (exact) mass is 245 g/mol. The van der Waals surface area contributed by atoms with Crippen LogP contribution in [0, 0.1) is 5.92 Å². The van der Waals surface area contributed by atoms with E-state index in [0.717, 1.165) is 13.1 Å². The lowest BCUT2D eigenvalue weighted by Crippen LogP contribution is -2.40. The van der Waals surface area contributed by atoms with Gasteiger partial charge in [0, 0.05) is 32.0 Å². The van der Waals surface area contributed by atoms with Crippen molar-refractivity contribution in [2.75, 3.05) is 33.7 Å². The van der Waals surface area contributed by atoms with Crippen molar-refractivity contribution in [3.63, 3.8) is 0 Å². The van der Waals surface area contributed by atoms with Crippen LogP contribution in [0.5, 0.6) is 0 Å². The zero-order chi connectivity index (χ0) is 12.7. The SMILES string of the molecule is CC(C)C(=O)N(CCC(N)=S)CCN(C)C. The van der Waals surface area contributed by atoms with Crippen molar-refractivity contribution >= 4 is 23.1 Å². The van der Waals surface area contributed by atoms with Gasteiger partial charge >= 0.3 is 0 Å². The summed E-state index contributed by atoms with van der Waals surface area (Å²) in [6, 6.07) is 0. The molecule has 0 aromatic rings. The molecule has 0 aromatic heterocycles. The fourth-order valence-corrected chi connectivity index (χ4v) is 1.35. The second-order valence-corrected chi connectivity index (χ2v) is 5.02. The molecule has 0 atom stereocenters. The third-order valence-electron chi connectivity index (χ3n) is 2.25. The van der Waals surface area contributed by atoms with E-state index in [1.165, 1.54) is 0 Å². The first kappa shape index (κ1) is 15.3. The van der Waals surface area contributed by atoms with Gasteiger partial charge in [-0.25, -0.2) is 0 Å². The van der Waals surface area contributed by atoms with Gasteiger partial charge in [0.05, 0.1) is 4.99 Å². The number of amides is 1. The number of thiocarbonyl (C=S) groups is 1. The standard InChI is InChI=1S/C11H23N3OS/c1-9(2)11(15)14(6-5-10(12)16)8-7-13(3)4/h9H,5-8H2,1-4H3,(H2,12,16). The minimum absolute atomic E-state index is 0.0218. The summed E-state index contributed by atoms with van der Waals surface area (Å²) in [5.74, 6) is 0.187. The molecule has 5 heteroatoms. The molecule has 94 valence electrons. The van der Waals surface area contributed by atoms with Crippen molar-refractivity contribution in [3.05, 3.63) is 0 Å². The van der Waals surface area contributed by atoms with Crippen LogP contribution in [-0.4, -0.2) is 54.4 Å². The number of hydrogen-bond acceptors (Lipinski definition) is 3. The van der Waals surface area contributed by atoms with E-state index in [9.17, 15) is 4.79 Å². The summed E-state index contributed by atoms with van der Waals surface area (Å²) in [6.45, 7) is 6.03. The third kappa shape index (κ3) is 6.74. The highest BCUT2D eigenvalue weighted by Gasteiger charge is 2.16. The van der Waals surface area contributed by atoms with Crippen molar-refractivity contribution in [3.8, 4) is 0 Å². The molecule has 0 heterocycles. The number of carbonyl (C=O) groups excluding carboxylic acids is 1. The molecule has 0 aliphatic carbocycles. The average molecular weight is 245 g/mol. The van der Waals surface area contributed by atoms with Crippen LogP contribution < -0.4 is 5.73 Å². The molecule has 0 unspecified atom stereocenters. The molecule has 0 saturated heterocycles. The molecule has 2 N–H and O–H groups in total. The predicted molar refractivity (Wildman–Crippen MR) is 71.4 cm³/mol. The lowest BCUT2D eigenvalue weighted by molar-refractivity contribution is -0.134. The smallest absolute Gasteiger partial charge is 0.225 e. The van der Waals surface area contributed by atoms with E-state index in [0.29, 0.717) is 18.0 Å². The quantitative estimate of drug-likeness (QED) is 0.671. The molecule has 0 aromatic carbocycles. The highest BCUT2D eigenvalue weighted by Crippen LogP contribution is 2.03. The molecule has 0 aliphatic heterocycles. The Kier molecular flexibility index (Phi) is 7.25. The number of rotatable bonds is 7. The van der Waals surface area contributed by atoms with Crippen molar-refractivity contribution in [2.24, 2.45) is 11.7 Å². The van der Waals surface area contributed by atoms with Gasteiger partial charge in [-0.3, -0.25) is 4.79 Å². The Hall–Kier alpha value is -0.680. The normalized spacial score (nSPS) is 10.9. The molecule has 0 spiro atoms. The Morgan fingerprint density at radius 1 is 1.25 bits per heavy atom. The largest absolute Gasteiger partial charge is 0.393 e. The van der Waals surface area contributed by atoms with Gasteiger partial charge in [-0.05, 0) is 14.1 Å².